The molecule has 3 rings (SSSR count). The van der Waals surface area contributed by atoms with E-state index in [1.165, 1.54) is 4.90 Å². The Morgan fingerprint density at radius 2 is 1.86 bits per heavy atom. The van der Waals surface area contributed by atoms with Crippen LogP contribution in [-0.2, 0) is 0 Å². The highest BCUT2D eigenvalue weighted by atomic mass is 19.3. The van der Waals surface area contributed by atoms with Crippen LogP contribution in [0.5, 0.6) is 0 Å². The Morgan fingerprint density at radius 3 is 2.52 bits per heavy atom. The molecule has 1 N–H and O–H groups in total. The molecule has 0 unspecified atom stereocenters. The average Bonchev–Trinajstić information content (AvgIpc) is 2.97. The number of amides is 1. The van der Waals surface area contributed by atoms with Crippen molar-refractivity contribution in [3.8, 4) is 11.3 Å². The predicted molar refractivity (Wildman–Crippen MR) is 74.1 cm³/mol. The van der Waals surface area contributed by atoms with Gasteiger partial charge in [0.2, 0.25) is 0 Å². The Morgan fingerprint density at radius 1 is 1.19 bits per heavy atom. The molecule has 2 heterocycles. The summed E-state index contributed by atoms with van der Waals surface area (Å²) in [5, 5.41) is 6.80. The van der Waals surface area contributed by atoms with Gasteiger partial charge < -0.3 is 4.90 Å². The van der Waals surface area contributed by atoms with E-state index in [4.69, 9.17) is 0 Å². The van der Waals surface area contributed by atoms with E-state index in [1.54, 1.807) is 6.07 Å². The molecule has 21 heavy (non-hydrogen) atoms. The predicted octanol–water partition coefficient (Wildman–Crippen LogP) is 2.95. The number of benzene rings is 1. The van der Waals surface area contributed by atoms with Crippen molar-refractivity contribution in [2.45, 2.75) is 18.8 Å². The van der Waals surface area contributed by atoms with Crippen LogP contribution in [0.15, 0.2) is 36.4 Å². The summed E-state index contributed by atoms with van der Waals surface area (Å²) in [5.41, 5.74) is 1.90. The minimum atomic E-state index is -2.65. The number of hydrogen-bond acceptors (Lipinski definition) is 2. The highest BCUT2D eigenvalue weighted by molar-refractivity contribution is 5.93. The molecular formula is C15H15F2N3O. The number of aromatic amines is 1. The van der Waals surface area contributed by atoms with Crippen LogP contribution in [0.3, 0.4) is 0 Å². The molecule has 1 aliphatic heterocycles. The maximum Gasteiger partial charge on any atom is 0.271 e. The first-order valence-electron chi connectivity index (χ1n) is 6.83. The van der Waals surface area contributed by atoms with Gasteiger partial charge in [-0.15, -0.1) is 0 Å². The molecule has 0 aliphatic carbocycles. The van der Waals surface area contributed by atoms with Crippen molar-refractivity contribution in [2.75, 3.05) is 13.1 Å². The second-order valence-corrected chi connectivity index (χ2v) is 5.18. The number of nitrogens with zero attached hydrogens (tertiary/aromatic N) is 2. The number of piperidine rings is 1. The summed E-state index contributed by atoms with van der Waals surface area (Å²) in [6, 6.07) is 11.1. The van der Waals surface area contributed by atoms with Gasteiger partial charge in [0.05, 0.1) is 5.69 Å². The highest BCUT2D eigenvalue weighted by Gasteiger charge is 2.36. The number of nitrogens with one attached hydrogen (secondary N) is 1. The molecule has 110 valence electrons. The summed E-state index contributed by atoms with van der Waals surface area (Å²) in [4.78, 5) is 13.7. The lowest BCUT2D eigenvalue weighted by Crippen LogP contribution is -2.42. The molecule has 1 aliphatic rings. The maximum atomic E-state index is 13.1. The largest absolute Gasteiger partial charge is 0.337 e. The average molecular weight is 291 g/mol. The van der Waals surface area contributed by atoms with Gasteiger partial charge in [0.1, 0.15) is 5.69 Å². The van der Waals surface area contributed by atoms with Crippen LogP contribution in [0.4, 0.5) is 8.78 Å². The Balaban J connectivity index is 1.73. The molecule has 2 aromatic rings. The summed E-state index contributed by atoms with van der Waals surface area (Å²) in [5.74, 6) is -2.93. The fraction of sp³-hybridized carbons (Fsp3) is 0.333. The van der Waals surface area contributed by atoms with E-state index in [2.05, 4.69) is 10.2 Å². The second kappa shape index (κ2) is 5.27. The highest BCUT2D eigenvalue weighted by Crippen LogP contribution is 2.28. The van der Waals surface area contributed by atoms with E-state index in [0.29, 0.717) is 11.4 Å². The molecular weight excluding hydrogens is 276 g/mol. The second-order valence-electron chi connectivity index (χ2n) is 5.18. The van der Waals surface area contributed by atoms with Crippen molar-refractivity contribution in [1.82, 2.24) is 15.1 Å². The van der Waals surface area contributed by atoms with Gasteiger partial charge in [0, 0.05) is 31.5 Å². The standard InChI is InChI=1S/C15H15F2N3O/c16-15(17)6-8-20(9-7-15)14(21)13-10-12(18-19-13)11-4-2-1-3-5-11/h1-5,10H,6-9H2,(H,18,19). The van der Waals surface area contributed by atoms with Gasteiger partial charge in [-0.3, -0.25) is 9.89 Å². The first-order valence-corrected chi connectivity index (χ1v) is 6.83. The van der Waals surface area contributed by atoms with Crippen LogP contribution in [0.25, 0.3) is 11.3 Å². The van der Waals surface area contributed by atoms with Crippen molar-refractivity contribution in [2.24, 2.45) is 0 Å². The number of carbonyl (C=O) groups excluding carboxylic acids is 1. The van der Waals surface area contributed by atoms with E-state index >= 15 is 0 Å². The van der Waals surface area contributed by atoms with Crippen molar-refractivity contribution in [1.29, 1.82) is 0 Å². The van der Waals surface area contributed by atoms with Gasteiger partial charge in [0.15, 0.2) is 0 Å². The van der Waals surface area contributed by atoms with Gasteiger partial charge in [0.25, 0.3) is 11.8 Å². The van der Waals surface area contributed by atoms with E-state index in [-0.39, 0.29) is 31.8 Å². The Hall–Kier alpha value is -2.24. The molecule has 1 aromatic carbocycles. The van der Waals surface area contributed by atoms with Crippen LogP contribution < -0.4 is 0 Å². The van der Waals surface area contributed by atoms with E-state index in [9.17, 15) is 13.6 Å². The Bertz CT molecular complexity index is 629. The summed E-state index contributed by atoms with van der Waals surface area (Å²) >= 11 is 0. The summed E-state index contributed by atoms with van der Waals surface area (Å²) in [6.07, 6.45) is -0.559. The van der Waals surface area contributed by atoms with Crippen molar-refractivity contribution in [3.63, 3.8) is 0 Å². The van der Waals surface area contributed by atoms with Crippen LogP contribution in [0, 0.1) is 0 Å². The van der Waals surface area contributed by atoms with E-state index < -0.39 is 5.92 Å². The van der Waals surface area contributed by atoms with Crippen LogP contribution in [0.1, 0.15) is 23.3 Å². The van der Waals surface area contributed by atoms with E-state index in [0.717, 1.165) is 5.56 Å². The first kappa shape index (κ1) is 13.7. The van der Waals surface area contributed by atoms with Crippen LogP contribution >= 0.6 is 0 Å². The minimum Gasteiger partial charge on any atom is -0.337 e. The zero-order chi connectivity index (χ0) is 14.9. The lowest BCUT2D eigenvalue weighted by Gasteiger charge is -2.31. The molecule has 0 atom stereocenters. The number of halogens is 2. The fourth-order valence-corrected chi connectivity index (χ4v) is 2.40. The van der Waals surface area contributed by atoms with Crippen molar-refractivity contribution in [3.05, 3.63) is 42.1 Å². The number of carbonyl (C=O) groups is 1. The molecule has 1 saturated heterocycles. The fourth-order valence-electron chi connectivity index (χ4n) is 2.40. The SMILES string of the molecule is O=C(c1cc(-c2ccccc2)n[nH]1)N1CCC(F)(F)CC1. The number of likely N-dealkylation sites (tertiary alicyclic amines) is 1. The van der Waals surface area contributed by atoms with Gasteiger partial charge in [-0.2, -0.15) is 5.10 Å². The van der Waals surface area contributed by atoms with Crippen molar-refractivity contribution >= 4 is 5.91 Å². The minimum absolute atomic E-state index is 0.0749. The summed E-state index contributed by atoms with van der Waals surface area (Å²) in [7, 11) is 0. The zero-order valence-electron chi connectivity index (χ0n) is 11.4. The molecule has 6 heteroatoms. The number of H-pyrrole nitrogens is 1. The molecule has 1 fully saturated rings. The molecule has 1 aromatic heterocycles. The topological polar surface area (TPSA) is 49.0 Å². The quantitative estimate of drug-likeness (QED) is 0.924. The maximum absolute atomic E-state index is 13.1. The zero-order valence-corrected chi connectivity index (χ0v) is 11.4. The third kappa shape index (κ3) is 2.94. The Kier molecular flexibility index (Phi) is 3.45. The normalized spacial score (nSPS) is 17.7. The molecule has 0 saturated carbocycles. The van der Waals surface area contributed by atoms with Gasteiger partial charge in [-0.1, -0.05) is 30.3 Å². The molecule has 0 bridgehead atoms. The smallest absolute Gasteiger partial charge is 0.271 e. The number of alkyl halides is 2. The summed E-state index contributed by atoms with van der Waals surface area (Å²) < 4.78 is 26.2. The first-order chi connectivity index (χ1) is 10.1. The van der Waals surface area contributed by atoms with Crippen molar-refractivity contribution < 1.29 is 13.6 Å². The monoisotopic (exact) mass is 291 g/mol. The van der Waals surface area contributed by atoms with Crippen LogP contribution in [-0.4, -0.2) is 40.0 Å². The lowest BCUT2D eigenvalue weighted by atomic mass is 10.1. The number of rotatable bonds is 2. The Labute approximate surface area is 120 Å². The molecule has 0 spiro atoms. The van der Waals surface area contributed by atoms with Gasteiger partial charge in [-0.05, 0) is 6.07 Å². The molecule has 0 radical (unpaired) electrons. The third-order valence-electron chi connectivity index (χ3n) is 3.66. The third-order valence-corrected chi connectivity index (χ3v) is 3.66. The number of aromatic nitrogens is 2. The lowest BCUT2D eigenvalue weighted by molar-refractivity contribution is -0.0495. The number of hydrogen-bond donors (Lipinski definition) is 1. The van der Waals surface area contributed by atoms with E-state index in [1.807, 2.05) is 30.3 Å². The van der Waals surface area contributed by atoms with Crippen LogP contribution in [0.2, 0.25) is 0 Å². The van der Waals surface area contributed by atoms with Gasteiger partial charge in [-0.25, -0.2) is 8.78 Å². The molecule has 4 nitrogen and oxygen atoms in total. The van der Waals surface area contributed by atoms with Gasteiger partial charge >= 0.3 is 0 Å². The summed E-state index contributed by atoms with van der Waals surface area (Å²) in [6.45, 7) is 0.150. The molecule has 1 amide bonds.